The minimum absolute atomic E-state index is 0.219. The second kappa shape index (κ2) is 7.63. The standard InChI is InChI=1S/C12H16O4/c1-3-4-5-6-11(9(2)14)10(8-13)7-12(15)16/h8,10-11H,3,6-7H2,1-2H3,(H,15,16)/p-1. The highest BCUT2D eigenvalue weighted by Crippen LogP contribution is 2.18. The predicted octanol–water partition coefficient (Wildman–Crippen LogP) is -0.0498. The molecule has 0 rings (SSSR count). The average molecular weight is 223 g/mol. The molecule has 0 aliphatic rings. The molecule has 2 atom stereocenters. The number of Topliss-reactive ketones (excluding diaryl/α,β-unsaturated/α-hetero) is 1. The van der Waals surface area contributed by atoms with Crippen molar-refractivity contribution in [3.05, 3.63) is 0 Å². The van der Waals surface area contributed by atoms with Gasteiger partial charge in [-0.05, 0) is 13.3 Å². The molecule has 0 saturated heterocycles. The molecular formula is C12H15O4-. The van der Waals surface area contributed by atoms with Crippen LogP contribution in [0.5, 0.6) is 0 Å². The Bertz CT molecular complexity index is 322. The predicted molar refractivity (Wildman–Crippen MR) is 56.0 cm³/mol. The van der Waals surface area contributed by atoms with E-state index in [2.05, 4.69) is 11.8 Å². The SMILES string of the molecule is CCC#CCC(C(C)=O)C(C=O)CC(=O)[O-]. The first-order valence-corrected chi connectivity index (χ1v) is 5.14. The Kier molecular flexibility index (Phi) is 6.86. The molecule has 0 spiro atoms. The molecule has 0 heterocycles. The van der Waals surface area contributed by atoms with Crippen molar-refractivity contribution in [3.63, 3.8) is 0 Å². The molecule has 0 radical (unpaired) electrons. The zero-order valence-electron chi connectivity index (χ0n) is 9.49. The second-order valence-corrected chi connectivity index (χ2v) is 3.50. The van der Waals surface area contributed by atoms with E-state index in [1.54, 1.807) is 0 Å². The fraction of sp³-hybridized carbons (Fsp3) is 0.583. The molecule has 4 heteroatoms. The molecule has 0 fully saturated rings. The molecule has 0 aromatic carbocycles. The molecule has 0 aromatic rings. The number of ketones is 1. The van der Waals surface area contributed by atoms with Crippen LogP contribution in [0, 0.1) is 23.7 Å². The van der Waals surface area contributed by atoms with Crippen LogP contribution in [0.4, 0.5) is 0 Å². The minimum Gasteiger partial charge on any atom is -0.550 e. The number of hydrogen-bond acceptors (Lipinski definition) is 4. The van der Waals surface area contributed by atoms with E-state index in [0.29, 0.717) is 12.7 Å². The number of carbonyl (C=O) groups is 3. The molecular weight excluding hydrogens is 208 g/mol. The monoisotopic (exact) mass is 223 g/mol. The maximum Gasteiger partial charge on any atom is 0.134 e. The van der Waals surface area contributed by atoms with Crippen LogP contribution in [0.25, 0.3) is 0 Å². The van der Waals surface area contributed by atoms with Gasteiger partial charge in [-0.2, -0.15) is 0 Å². The summed E-state index contributed by atoms with van der Waals surface area (Å²) < 4.78 is 0. The highest BCUT2D eigenvalue weighted by molar-refractivity contribution is 5.83. The maximum atomic E-state index is 11.3. The Hall–Kier alpha value is -1.63. The first-order chi connectivity index (χ1) is 7.52. The molecule has 0 aliphatic heterocycles. The molecule has 0 amide bonds. The van der Waals surface area contributed by atoms with Gasteiger partial charge in [-0.1, -0.05) is 6.92 Å². The zero-order chi connectivity index (χ0) is 12.6. The van der Waals surface area contributed by atoms with Gasteiger partial charge in [0.2, 0.25) is 0 Å². The Balaban J connectivity index is 4.65. The summed E-state index contributed by atoms with van der Waals surface area (Å²) in [4.78, 5) is 32.4. The Morgan fingerprint density at radius 2 is 2.00 bits per heavy atom. The lowest BCUT2D eigenvalue weighted by atomic mass is 9.85. The lowest BCUT2D eigenvalue weighted by Gasteiger charge is -2.18. The van der Waals surface area contributed by atoms with Crippen molar-refractivity contribution in [2.24, 2.45) is 11.8 Å². The summed E-state index contributed by atoms with van der Waals surface area (Å²) in [6, 6.07) is 0. The molecule has 0 aliphatic carbocycles. The van der Waals surface area contributed by atoms with Crippen molar-refractivity contribution in [2.75, 3.05) is 0 Å². The summed E-state index contributed by atoms with van der Waals surface area (Å²) in [5.74, 6) is 2.52. The van der Waals surface area contributed by atoms with Crippen molar-refractivity contribution in [1.82, 2.24) is 0 Å². The highest BCUT2D eigenvalue weighted by Gasteiger charge is 2.24. The third kappa shape index (κ3) is 5.30. The number of carbonyl (C=O) groups excluding carboxylic acids is 3. The Labute approximate surface area is 95.0 Å². The van der Waals surface area contributed by atoms with Gasteiger partial charge in [-0.3, -0.25) is 4.79 Å². The van der Waals surface area contributed by atoms with Gasteiger partial charge in [-0.25, -0.2) is 0 Å². The van der Waals surface area contributed by atoms with Gasteiger partial charge in [0.25, 0.3) is 0 Å². The zero-order valence-corrected chi connectivity index (χ0v) is 9.49. The second-order valence-electron chi connectivity index (χ2n) is 3.50. The van der Waals surface area contributed by atoms with Crippen LogP contribution in [0.1, 0.15) is 33.1 Å². The number of rotatable bonds is 6. The lowest BCUT2D eigenvalue weighted by Crippen LogP contribution is -2.31. The van der Waals surface area contributed by atoms with Crippen LogP contribution in [0.3, 0.4) is 0 Å². The van der Waals surface area contributed by atoms with Crippen molar-refractivity contribution in [3.8, 4) is 11.8 Å². The summed E-state index contributed by atoms with van der Waals surface area (Å²) >= 11 is 0. The highest BCUT2D eigenvalue weighted by atomic mass is 16.4. The Morgan fingerprint density at radius 1 is 1.38 bits per heavy atom. The molecule has 0 bridgehead atoms. The largest absolute Gasteiger partial charge is 0.550 e. The van der Waals surface area contributed by atoms with Crippen LogP contribution < -0.4 is 5.11 Å². The van der Waals surface area contributed by atoms with Crippen LogP contribution in [0.2, 0.25) is 0 Å². The molecule has 88 valence electrons. The number of carboxylic acid groups (broad SMARTS) is 1. The van der Waals surface area contributed by atoms with Crippen LogP contribution in [-0.2, 0) is 14.4 Å². The summed E-state index contributed by atoms with van der Waals surface area (Å²) in [6.07, 6.45) is 0.952. The fourth-order valence-electron chi connectivity index (χ4n) is 1.38. The molecule has 2 unspecified atom stereocenters. The molecule has 0 aromatic heterocycles. The van der Waals surface area contributed by atoms with Gasteiger partial charge in [0.1, 0.15) is 12.1 Å². The lowest BCUT2D eigenvalue weighted by molar-refractivity contribution is -0.306. The van der Waals surface area contributed by atoms with Crippen molar-refractivity contribution in [1.29, 1.82) is 0 Å². The molecule has 0 saturated carbocycles. The molecule has 16 heavy (non-hydrogen) atoms. The van der Waals surface area contributed by atoms with E-state index in [9.17, 15) is 19.5 Å². The fourth-order valence-corrected chi connectivity index (χ4v) is 1.38. The average Bonchev–Trinajstić information content (AvgIpc) is 2.21. The van der Waals surface area contributed by atoms with Gasteiger partial charge in [0.15, 0.2) is 0 Å². The van der Waals surface area contributed by atoms with Crippen molar-refractivity contribution >= 4 is 18.0 Å². The normalized spacial score (nSPS) is 13.1. The van der Waals surface area contributed by atoms with E-state index in [1.165, 1.54) is 6.92 Å². The van der Waals surface area contributed by atoms with E-state index in [4.69, 9.17) is 0 Å². The van der Waals surface area contributed by atoms with Gasteiger partial charge in [0, 0.05) is 30.6 Å². The summed E-state index contributed by atoms with van der Waals surface area (Å²) in [5.41, 5.74) is 0. The topological polar surface area (TPSA) is 74.3 Å². The number of hydrogen-bond donors (Lipinski definition) is 0. The van der Waals surface area contributed by atoms with E-state index >= 15 is 0 Å². The molecule has 0 N–H and O–H groups in total. The van der Waals surface area contributed by atoms with Gasteiger partial charge in [-0.15, -0.1) is 11.8 Å². The van der Waals surface area contributed by atoms with Gasteiger partial charge >= 0.3 is 0 Å². The smallest absolute Gasteiger partial charge is 0.134 e. The van der Waals surface area contributed by atoms with Gasteiger partial charge < -0.3 is 14.7 Å². The van der Waals surface area contributed by atoms with Crippen LogP contribution in [-0.4, -0.2) is 18.0 Å². The summed E-state index contributed by atoms with van der Waals surface area (Å²) in [6.45, 7) is 3.21. The first kappa shape index (κ1) is 14.4. The van der Waals surface area contributed by atoms with Crippen LogP contribution >= 0.6 is 0 Å². The third-order valence-electron chi connectivity index (χ3n) is 2.24. The van der Waals surface area contributed by atoms with E-state index in [-0.39, 0.29) is 12.2 Å². The van der Waals surface area contributed by atoms with E-state index in [1.807, 2.05) is 6.92 Å². The van der Waals surface area contributed by atoms with Crippen molar-refractivity contribution in [2.45, 2.75) is 33.1 Å². The van der Waals surface area contributed by atoms with E-state index in [0.717, 1.165) is 0 Å². The summed E-state index contributed by atoms with van der Waals surface area (Å²) in [7, 11) is 0. The third-order valence-corrected chi connectivity index (χ3v) is 2.24. The number of aldehydes is 1. The van der Waals surface area contributed by atoms with E-state index < -0.39 is 24.2 Å². The number of carboxylic acids is 1. The van der Waals surface area contributed by atoms with Gasteiger partial charge in [0.05, 0.1) is 0 Å². The van der Waals surface area contributed by atoms with Crippen LogP contribution in [0.15, 0.2) is 0 Å². The van der Waals surface area contributed by atoms with Crippen molar-refractivity contribution < 1.29 is 19.5 Å². The maximum absolute atomic E-state index is 11.3. The Morgan fingerprint density at radius 3 is 2.38 bits per heavy atom. The first-order valence-electron chi connectivity index (χ1n) is 5.14. The quantitative estimate of drug-likeness (QED) is 0.467. The molecule has 4 nitrogen and oxygen atoms in total. The summed E-state index contributed by atoms with van der Waals surface area (Å²) in [5, 5.41) is 10.4. The minimum atomic E-state index is -1.33. The number of aliphatic carboxylic acids is 1.